The van der Waals surface area contributed by atoms with Crippen molar-refractivity contribution in [2.24, 2.45) is 0 Å². The van der Waals surface area contributed by atoms with Crippen molar-refractivity contribution in [1.29, 1.82) is 0 Å². The second-order valence-electron chi connectivity index (χ2n) is 2.79. The van der Waals surface area contributed by atoms with E-state index in [1.165, 1.54) is 0 Å². The minimum atomic E-state index is -0.291. The van der Waals surface area contributed by atoms with E-state index in [4.69, 9.17) is 11.5 Å². The number of aliphatic hydroxyl groups excluding tert-OH is 1. The molecule has 0 spiro atoms. The van der Waals surface area contributed by atoms with Crippen molar-refractivity contribution in [2.75, 3.05) is 6.54 Å². The molecule has 0 amide bonds. The molecule has 0 aliphatic heterocycles. The van der Waals surface area contributed by atoms with Crippen LogP contribution in [0.2, 0.25) is 0 Å². The molecule has 0 radical (unpaired) electrons. The van der Waals surface area contributed by atoms with Gasteiger partial charge in [0.2, 0.25) is 0 Å². The van der Waals surface area contributed by atoms with Gasteiger partial charge in [0.15, 0.2) is 0 Å². The lowest BCUT2D eigenvalue weighted by Crippen LogP contribution is -2.35. The topological polar surface area (TPSA) is 32.3 Å². The average molecular weight is 155 g/mol. The molecule has 0 saturated heterocycles. The zero-order valence-corrected chi connectivity index (χ0v) is 7.30. The largest absolute Gasteiger partial charge is 0.392 e. The summed E-state index contributed by atoms with van der Waals surface area (Å²) < 4.78 is 0. The normalized spacial score (nSPS) is 15.5. The summed E-state index contributed by atoms with van der Waals surface area (Å²) in [5.41, 5.74) is 0. The molecule has 2 N–H and O–H groups in total. The summed E-state index contributed by atoms with van der Waals surface area (Å²) in [5.74, 6) is 2.57. The van der Waals surface area contributed by atoms with Crippen LogP contribution in [0.25, 0.3) is 0 Å². The quantitative estimate of drug-likeness (QED) is 0.454. The molecule has 64 valence electrons. The Morgan fingerprint density at radius 1 is 1.55 bits per heavy atom. The Morgan fingerprint density at radius 3 is 2.64 bits per heavy atom. The maximum atomic E-state index is 9.07. The van der Waals surface area contributed by atoms with E-state index >= 15 is 0 Å². The van der Waals surface area contributed by atoms with Crippen LogP contribution in [0.1, 0.15) is 26.7 Å². The van der Waals surface area contributed by atoms with Crippen molar-refractivity contribution in [3.8, 4) is 12.3 Å². The van der Waals surface area contributed by atoms with Crippen LogP contribution in [-0.2, 0) is 0 Å². The lowest BCUT2D eigenvalue weighted by molar-refractivity contribution is 0.153. The van der Waals surface area contributed by atoms with E-state index in [1.54, 1.807) is 6.92 Å². The van der Waals surface area contributed by atoms with Crippen molar-refractivity contribution in [1.82, 2.24) is 5.32 Å². The monoisotopic (exact) mass is 155 g/mol. The molecule has 0 aromatic rings. The third-order valence-electron chi connectivity index (χ3n) is 1.69. The van der Waals surface area contributed by atoms with Crippen molar-refractivity contribution in [3.63, 3.8) is 0 Å². The van der Waals surface area contributed by atoms with Crippen LogP contribution in [-0.4, -0.2) is 23.8 Å². The van der Waals surface area contributed by atoms with E-state index in [9.17, 15) is 0 Å². The molecule has 2 heteroatoms. The number of unbranched alkanes of at least 4 members (excludes halogenated alkanes) is 1. The lowest BCUT2D eigenvalue weighted by atomic mass is 10.2. The van der Waals surface area contributed by atoms with Gasteiger partial charge in [0.1, 0.15) is 0 Å². The zero-order valence-electron chi connectivity index (χ0n) is 7.30. The molecule has 0 fully saturated rings. The van der Waals surface area contributed by atoms with Gasteiger partial charge in [-0.3, -0.25) is 0 Å². The molecule has 0 bridgehead atoms. The van der Waals surface area contributed by atoms with Crippen molar-refractivity contribution in [2.45, 2.75) is 38.8 Å². The van der Waals surface area contributed by atoms with Gasteiger partial charge in [0.25, 0.3) is 0 Å². The lowest BCUT2D eigenvalue weighted by Gasteiger charge is -2.15. The Bertz CT molecular complexity index is 126. The second kappa shape index (κ2) is 6.21. The highest BCUT2D eigenvalue weighted by molar-refractivity contribution is 4.83. The maximum Gasteiger partial charge on any atom is 0.0662 e. The maximum absolute atomic E-state index is 9.07. The summed E-state index contributed by atoms with van der Waals surface area (Å²) >= 11 is 0. The number of aliphatic hydroxyl groups is 1. The summed E-state index contributed by atoms with van der Waals surface area (Å²) in [6.07, 6.45) is 6.57. The zero-order chi connectivity index (χ0) is 8.69. The van der Waals surface area contributed by atoms with E-state index in [0.717, 1.165) is 19.4 Å². The van der Waals surface area contributed by atoms with Crippen LogP contribution < -0.4 is 5.32 Å². The van der Waals surface area contributed by atoms with Gasteiger partial charge >= 0.3 is 0 Å². The van der Waals surface area contributed by atoms with Gasteiger partial charge in [-0.2, -0.15) is 0 Å². The Labute approximate surface area is 69.0 Å². The standard InChI is InChI=1S/C9H17NO/c1-4-5-6-7-10-8(2)9(3)11/h1,8-11H,5-7H2,2-3H3. The fourth-order valence-corrected chi connectivity index (χ4v) is 0.691. The van der Waals surface area contributed by atoms with Crippen LogP contribution in [0.5, 0.6) is 0 Å². The predicted octanol–water partition coefficient (Wildman–Crippen LogP) is 0.759. The van der Waals surface area contributed by atoms with E-state index in [0.29, 0.717) is 0 Å². The molecule has 2 nitrogen and oxygen atoms in total. The van der Waals surface area contributed by atoms with E-state index in [1.807, 2.05) is 6.92 Å². The molecule has 11 heavy (non-hydrogen) atoms. The predicted molar refractivity (Wildman–Crippen MR) is 47.2 cm³/mol. The number of rotatable bonds is 5. The Hall–Kier alpha value is -0.520. The number of hydrogen-bond donors (Lipinski definition) is 2. The Morgan fingerprint density at radius 2 is 2.18 bits per heavy atom. The highest BCUT2D eigenvalue weighted by Gasteiger charge is 2.05. The SMILES string of the molecule is C#CCCCNC(C)C(C)O. The van der Waals surface area contributed by atoms with Crippen LogP contribution in [0, 0.1) is 12.3 Å². The Kier molecular flexibility index (Phi) is 5.91. The van der Waals surface area contributed by atoms with Gasteiger partial charge in [-0.05, 0) is 26.8 Å². The molecule has 0 rings (SSSR count). The van der Waals surface area contributed by atoms with E-state index < -0.39 is 0 Å². The first-order chi connectivity index (χ1) is 5.18. The van der Waals surface area contributed by atoms with Crippen LogP contribution in [0.3, 0.4) is 0 Å². The summed E-state index contributed by atoms with van der Waals surface area (Å²) in [6.45, 7) is 4.62. The first-order valence-electron chi connectivity index (χ1n) is 4.03. The average Bonchev–Trinajstić information content (AvgIpc) is 1.97. The minimum Gasteiger partial charge on any atom is -0.392 e. The summed E-state index contributed by atoms with van der Waals surface area (Å²) in [6, 6.07) is 0.160. The van der Waals surface area contributed by atoms with E-state index in [2.05, 4.69) is 11.2 Å². The second-order valence-corrected chi connectivity index (χ2v) is 2.79. The number of nitrogens with one attached hydrogen (secondary N) is 1. The van der Waals surface area contributed by atoms with Crippen LogP contribution in [0.4, 0.5) is 0 Å². The molecule has 0 heterocycles. The first kappa shape index (κ1) is 10.5. The van der Waals surface area contributed by atoms with E-state index in [-0.39, 0.29) is 12.1 Å². The van der Waals surface area contributed by atoms with Gasteiger partial charge in [0.05, 0.1) is 6.10 Å². The first-order valence-corrected chi connectivity index (χ1v) is 4.03. The summed E-state index contributed by atoms with van der Waals surface area (Å²) in [7, 11) is 0. The van der Waals surface area contributed by atoms with Crippen molar-refractivity contribution >= 4 is 0 Å². The highest BCUT2D eigenvalue weighted by atomic mass is 16.3. The summed E-state index contributed by atoms with van der Waals surface area (Å²) in [5, 5.41) is 12.2. The van der Waals surface area contributed by atoms with Crippen LogP contribution >= 0.6 is 0 Å². The fraction of sp³-hybridized carbons (Fsp3) is 0.778. The fourth-order valence-electron chi connectivity index (χ4n) is 0.691. The van der Waals surface area contributed by atoms with Gasteiger partial charge in [-0.1, -0.05) is 0 Å². The Balaban J connectivity index is 3.19. The molecule has 2 atom stereocenters. The number of terminal acetylenes is 1. The molecule has 0 saturated carbocycles. The van der Waals surface area contributed by atoms with Gasteiger partial charge in [-0.25, -0.2) is 0 Å². The molecular weight excluding hydrogens is 138 g/mol. The van der Waals surface area contributed by atoms with Gasteiger partial charge < -0.3 is 10.4 Å². The van der Waals surface area contributed by atoms with Crippen LogP contribution in [0.15, 0.2) is 0 Å². The summed E-state index contributed by atoms with van der Waals surface area (Å²) in [4.78, 5) is 0. The minimum absolute atomic E-state index is 0.160. The molecule has 0 aliphatic carbocycles. The highest BCUT2D eigenvalue weighted by Crippen LogP contribution is 1.91. The third-order valence-corrected chi connectivity index (χ3v) is 1.69. The van der Waals surface area contributed by atoms with Gasteiger partial charge in [0, 0.05) is 12.5 Å². The molecule has 0 aromatic heterocycles. The molecular formula is C9H17NO. The molecule has 0 aliphatic rings. The van der Waals surface area contributed by atoms with Crippen molar-refractivity contribution < 1.29 is 5.11 Å². The van der Waals surface area contributed by atoms with Gasteiger partial charge in [-0.15, -0.1) is 12.3 Å². The smallest absolute Gasteiger partial charge is 0.0662 e. The molecule has 2 unspecified atom stereocenters. The molecule has 0 aromatic carbocycles. The van der Waals surface area contributed by atoms with Crippen molar-refractivity contribution in [3.05, 3.63) is 0 Å². The third kappa shape index (κ3) is 5.90. The number of hydrogen-bond acceptors (Lipinski definition) is 2.